The van der Waals surface area contributed by atoms with Crippen molar-refractivity contribution in [2.45, 2.75) is 19.3 Å². The van der Waals surface area contributed by atoms with Crippen LogP contribution < -0.4 is 10.1 Å². The Kier molecular flexibility index (Phi) is 4.08. The van der Waals surface area contributed by atoms with Crippen LogP contribution in [0.4, 0.5) is 0 Å². The van der Waals surface area contributed by atoms with Crippen molar-refractivity contribution in [3.8, 4) is 5.75 Å². The van der Waals surface area contributed by atoms with Gasteiger partial charge in [0.25, 0.3) is 5.91 Å². The molecule has 0 saturated carbocycles. The van der Waals surface area contributed by atoms with Gasteiger partial charge in [0.1, 0.15) is 11.4 Å². The van der Waals surface area contributed by atoms with Crippen LogP contribution in [0.5, 0.6) is 5.75 Å². The molecule has 0 unspecified atom stereocenters. The molecule has 1 heterocycles. The molecule has 5 nitrogen and oxygen atoms in total. The van der Waals surface area contributed by atoms with Crippen molar-refractivity contribution in [3.63, 3.8) is 0 Å². The van der Waals surface area contributed by atoms with Gasteiger partial charge in [-0.1, -0.05) is 26.0 Å². The lowest BCUT2D eigenvalue weighted by Crippen LogP contribution is -2.36. The molecule has 106 valence electrons. The fraction of sp³-hybridized carbons (Fsp3) is 0.333. The number of nitrogens with zero attached hydrogens (tertiary/aromatic N) is 1. The Balaban J connectivity index is 2.01. The third-order valence-electron chi connectivity index (χ3n) is 3.31. The summed E-state index contributed by atoms with van der Waals surface area (Å²) in [7, 11) is 1.64. The SMILES string of the molecule is COc1ccc(C(C)(C)CNC(=O)c2cnc[nH]2)cc1. The van der Waals surface area contributed by atoms with E-state index in [1.54, 1.807) is 7.11 Å². The topological polar surface area (TPSA) is 67.0 Å². The van der Waals surface area contributed by atoms with E-state index < -0.39 is 0 Å². The van der Waals surface area contributed by atoms with Crippen LogP contribution in [0.1, 0.15) is 29.9 Å². The third kappa shape index (κ3) is 3.17. The second-order valence-corrected chi connectivity index (χ2v) is 5.26. The van der Waals surface area contributed by atoms with Gasteiger partial charge < -0.3 is 15.0 Å². The predicted molar refractivity (Wildman–Crippen MR) is 76.9 cm³/mol. The molecule has 5 heteroatoms. The van der Waals surface area contributed by atoms with E-state index in [1.807, 2.05) is 24.3 Å². The average molecular weight is 273 g/mol. The molecule has 2 aromatic rings. The number of aromatic amines is 1. The summed E-state index contributed by atoms with van der Waals surface area (Å²) >= 11 is 0. The van der Waals surface area contributed by atoms with Crippen molar-refractivity contribution in [3.05, 3.63) is 48.0 Å². The summed E-state index contributed by atoms with van der Waals surface area (Å²) in [6.45, 7) is 4.71. The van der Waals surface area contributed by atoms with Crippen LogP contribution in [-0.2, 0) is 5.41 Å². The molecule has 2 N–H and O–H groups in total. The standard InChI is InChI=1S/C15H19N3O2/c1-15(2,11-4-6-12(20-3)7-5-11)9-17-14(19)13-8-16-10-18-13/h4-8,10H,9H2,1-3H3,(H,16,18)(H,17,19). The molecule has 1 aromatic carbocycles. The van der Waals surface area contributed by atoms with Gasteiger partial charge in [0.15, 0.2) is 0 Å². The number of imidazole rings is 1. The summed E-state index contributed by atoms with van der Waals surface area (Å²) in [4.78, 5) is 18.5. The molecule has 1 aromatic heterocycles. The Hall–Kier alpha value is -2.30. The van der Waals surface area contributed by atoms with Crippen LogP contribution in [0.2, 0.25) is 0 Å². The van der Waals surface area contributed by atoms with E-state index in [0.29, 0.717) is 12.2 Å². The Bertz CT molecular complexity index is 559. The predicted octanol–water partition coefficient (Wildman–Crippen LogP) is 2.13. The van der Waals surface area contributed by atoms with E-state index in [1.165, 1.54) is 12.5 Å². The van der Waals surface area contributed by atoms with E-state index in [2.05, 4.69) is 29.1 Å². The summed E-state index contributed by atoms with van der Waals surface area (Å²) in [6, 6.07) is 7.88. The van der Waals surface area contributed by atoms with Crippen LogP contribution in [0, 0.1) is 0 Å². The zero-order valence-corrected chi connectivity index (χ0v) is 11.9. The summed E-state index contributed by atoms with van der Waals surface area (Å²) in [5.41, 5.74) is 1.45. The molecule has 0 aliphatic carbocycles. The van der Waals surface area contributed by atoms with E-state index in [0.717, 1.165) is 11.3 Å². The number of nitrogens with one attached hydrogen (secondary N) is 2. The molecule has 20 heavy (non-hydrogen) atoms. The Labute approximate surface area is 118 Å². The number of methoxy groups -OCH3 is 1. The molecular weight excluding hydrogens is 254 g/mol. The summed E-state index contributed by atoms with van der Waals surface area (Å²) in [6.07, 6.45) is 3.00. The maximum Gasteiger partial charge on any atom is 0.269 e. The van der Waals surface area contributed by atoms with Gasteiger partial charge in [-0.25, -0.2) is 4.98 Å². The zero-order valence-electron chi connectivity index (χ0n) is 11.9. The van der Waals surface area contributed by atoms with Crippen LogP contribution in [-0.4, -0.2) is 29.5 Å². The molecule has 0 bridgehead atoms. The van der Waals surface area contributed by atoms with Crippen LogP contribution >= 0.6 is 0 Å². The molecule has 2 rings (SSSR count). The smallest absolute Gasteiger partial charge is 0.269 e. The van der Waals surface area contributed by atoms with Crippen LogP contribution in [0.25, 0.3) is 0 Å². The summed E-state index contributed by atoms with van der Waals surface area (Å²) in [5.74, 6) is 0.676. The minimum Gasteiger partial charge on any atom is -0.497 e. The average Bonchev–Trinajstić information content (AvgIpc) is 2.99. The molecule has 0 saturated heterocycles. The quantitative estimate of drug-likeness (QED) is 0.877. The highest BCUT2D eigenvalue weighted by atomic mass is 16.5. The Morgan fingerprint density at radius 2 is 2.05 bits per heavy atom. The Morgan fingerprint density at radius 3 is 2.60 bits per heavy atom. The largest absolute Gasteiger partial charge is 0.497 e. The number of hydrogen-bond acceptors (Lipinski definition) is 3. The molecule has 0 radical (unpaired) electrons. The van der Waals surface area contributed by atoms with Crippen molar-refractivity contribution < 1.29 is 9.53 Å². The van der Waals surface area contributed by atoms with Crippen molar-refractivity contribution in [1.29, 1.82) is 0 Å². The molecule has 0 fully saturated rings. The lowest BCUT2D eigenvalue weighted by atomic mass is 9.84. The molecular formula is C15H19N3O2. The highest BCUT2D eigenvalue weighted by molar-refractivity contribution is 5.92. The molecule has 0 atom stereocenters. The van der Waals surface area contributed by atoms with E-state index in [4.69, 9.17) is 4.74 Å². The minimum absolute atomic E-state index is 0.149. The number of H-pyrrole nitrogens is 1. The van der Waals surface area contributed by atoms with Crippen molar-refractivity contribution in [1.82, 2.24) is 15.3 Å². The minimum atomic E-state index is -0.165. The van der Waals surface area contributed by atoms with E-state index in [9.17, 15) is 4.79 Å². The van der Waals surface area contributed by atoms with Gasteiger partial charge in [-0.3, -0.25) is 4.79 Å². The number of benzene rings is 1. The maximum atomic E-state index is 11.9. The van der Waals surface area contributed by atoms with Crippen molar-refractivity contribution >= 4 is 5.91 Å². The van der Waals surface area contributed by atoms with Gasteiger partial charge in [-0.05, 0) is 17.7 Å². The Morgan fingerprint density at radius 1 is 1.35 bits per heavy atom. The number of ether oxygens (including phenoxy) is 1. The number of carbonyl (C=O) groups is 1. The van der Waals surface area contributed by atoms with Gasteiger partial charge in [0.2, 0.25) is 0 Å². The fourth-order valence-electron chi connectivity index (χ4n) is 1.92. The first-order valence-electron chi connectivity index (χ1n) is 6.44. The van der Waals surface area contributed by atoms with Gasteiger partial charge in [-0.15, -0.1) is 0 Å². The highest BCUT2D eigenvalue weighted by Gasteiger charge is 2.22. The summed E-state index contributed by atoms with van der Waals surface area (Å²) < 4.78 is 5.15. The van der Waals surface area contributed by atoms with Gasteiger partial charge in [0.05, 0.1) is 19.6 Å². The van der Waals surface area contributed by atoms with E-state index >= 15 is 0 Å². The highest BCUT2D eigenvalue weighted by Crippen LogP contribution is 2.24. The van der Waals surface area contributed by atoms with Crippen LogP contribution in [0.3, 0.4) is 0 Å². The number of aromatic nitrogens is 2. The molecule has 0 aliphatic heterocycles. The van der Waals surface area contributed by atoms with Gasteiger partial charge in [-0.2, -0.15) is 0 Å². The van der Waals surface area contributed by atoms with Crippen LogP contribution in [0.15, 0.2) is 36.8 Å². The molecule has 1 amide bonds. The van der Waals surface area contributed by atoms with E-state index in [-0.39, 0.29) is 11.3 Å². The first kappa shape index (κ1) is 14.1. The maximum absolute atomic E-state index is 11.9. The lowest BCUT2D eigenvalue weighted by molar-refractivity contribution is 0.0941. The second-order valence-electron chi connectivity index (χ2n) is 5.26. The number of carbonyl (C=O) groups excluding carboxylic acids is 1. The number of hydrogen-bond donors (Lipinski definition) is 2. The third-order valence-corrected chi connectivity index (χ3v) is 3.31. The lowest BCUT2D eigenvalue weighted by Gasteiger charge is -2.25. The summed E-state index contributed by atoms with van der Waals surface area (Å²) in [5, 5.41) is 2.91. The second kappa shape index (κ2) is 5.77. The van der Waals surface area contributed by atoms with Crippen molar-refractivity contribution in [2.24, 2.45) is 0 Å². The van der Waals surface area contributed by atoms with Crippen molar-refractivity contribution in [2.75, 3.05) is 13.7 Å². The monoisotopic (exact) mass is 273 g/mol. The number of amides is 1. The molecule has 0 spiro atoms. The number of rotatable bonds is 5. The normalized spacial score (nSPS) is 11.2. The first-order valence-corrected chi connectivity index (χ1v) is 6.44. The first-order chi connectivity index (χ1) is 9.53. The zero-order chi connectivity index (χ0) is 14.6. The van der Waals surface area contributed by atoms with Gasteiger partial charge in [0, 0.05) is 12.0 Å². The molecule has 0 aliphatic rings. The fourth-order valence-corrected chi connectivity index (χ4v) is 1.92. The van der Waals surface area contributed by atoms with Gasteiger partial charge >= 0.3 is 0 Å².